The van der Waals surface area contributed by atoms with Crippen LogP contribution in [0.5, 0.6) is 5.88 Å². The maximum absolute atomic E-state index is 11.7. The Balaban J connectivity index is 1.59. The largest absolute Gasteiger partial charge is 0.473 e. The van der Waals surface area contributed by atoms with Crippen LogP contribution in [0.4, 0.5) is 0 Å². The predicted molar refractivity (Wildman–Crippen MR) is 100 cm³/mol. The van der Waals surface area contributed by atoms with Gasteiger partial charge in [0.25, 0.3) is 0 Å². The normalized spacial score (nSPS) is 18.9. The van der Waals surface area contributed by atoms with Gasteiger partial charge in [-0.3, -0.25) is 9.48 Å². The fraction of sp³-hybridized carbons (Fsp3) is 0.368. The maximum atomic E-state index is 11.7. The first-order valence-corrected chi connectivity index (χ1v) is 8.86. The van der Waals surface area contributed by atoms with Crippen molar-refractivity contribution in [1.82, 2.24) is 29.3 Å². The molecule has 0 radical (unpaired) electrons. The Morgan fingerprint density at radius 3 is 2.78 bits per heavy atom. The van der Waals surface area contributed by atoms with Gasteiger partial charge in [0.2, 0.25) is 11.8 Å². The monoisotopic (exact) mass is 366 g/mol. The highest BCUT2D eigenvalue weighted by Gasteiger charge is 2.36. The summed E-state index contributed by atoms with van der Waals surface area (Å²) in [5.41, 5.74) is 3.52. The van der Waals surface area contributed by atoms with E-state index in [2.05, 4.69) is 16.8 Å². The second kappa shape index (κ2) is 6.53. The van der Waals surface area contributed by atoms with Crippen molar-refractivity contribution in [3.8, 4) is 17.1 Å². The van der Waals surface area contributed by atoms with Crippen LogP contribution in [0.1, 0.15) is 18.4 Å². The van der Waals surface area contributed by atoms with Gasteiger partial charge in [0, 0.05) is 50.3 Å². The number of nitrogens with zero attached hydrogens (tertiary/aromatic N) is 6. The lowest BCUT2D eigenvalue weighted by Gasteiger charge is -2.40. The highest BCUT2D eigenvalue weighted by Crippen LogP contribution is 2.32. The Bertz CT molecular complexity index is 1010. The van der Waals surface area contributed by atoms with Gasteiger partial charge in [0.1, 0.15) is 11.6 Å². The van der Waals surface area contributed by atoms with Crippen LogP contribution in [0.2, 0.25) is 0 Å². The topological polar surface area (TPSA) is 77.6 Å². The summed E-state index contributed by atoms with van der Waals surface area (Å²) >= 11 is 0. The van der Waals surface area contributed by atoms with Crippen LogP contribution in [-0.4, -0.2) is 54.4 Å². The molecular weight excluding hydrogens is 344 g/mol. The summed E-state index contributed by atoms with van der Waals surface area (Å²) in [7, 11) is 3.67. The maximum Gasteiger partial charge on any atom is 0.245 e. The molecule has 3 aromatic heterocycles. The summed E-state index contributed by atoms with van der Waals surface area (Å²) in [5.74, 6) is 0.497. The SMILES string of the molecule is C=CC(=O)N(C)[C@H]1C[C@H](Oc2nc(-c3cnn(C)c3)cn3ncc(C)c23)C1. The van der Waals surface area contributed by atoms with Crippen LogP contribution in [0.25, 0.3) is 16.8 Å². The van der Waals surface area contributed by atoms with E-state index in [1.807, 2.05) is 26.4 Å². The molecule has 27 heavy (non-hydrogen) atoms. The highest BCUT2D eigenvalue weighted by molar-refractivity contribution is 5.87. The van der Waals surface area contributed by atoms with Crippen molar-refractivity contribution < 1.29 is 9.53 Å². The first-order valence-electron chi connectivity index (χ1n) is 8.86. The van der Waals surface area contributed by atoms with Crippen molar-refractivity contribution >= 4 is 11.4 Å². The molecule has 0 bridgehead atoms. The molecule has 0 unspecified atom stereocenters. The molecule has 0 atom stereocenters. The molecule has 0 spiro atoms. The van der Waals surface area contributed by atoms with Crippen LogP contribution < -0.4 is 4.74 Å². The molecule has 8 nitrogen and oxygen atoms in total. The zero-order chi connectivity index (χ0) is 19.1. The third kappa shape index (κ3) is 3.07. The third-order valence-corrected chi connectivity index (χ3v) is 5.07. The molecule has 1 aliphatic rings. The number of carbonyl (C=O) groups excluding carboxylic acids is 1. The van der Waals surface area contributed by atoms with Gasteiger partial charge in [0.05, 0.1) is 24.3 Å². The Hall–Kier alpha value is -3.16. The van der Waals surface area contributed by atoms with E-state index in [0.717, 1.165) is 35.2 Å². The number of aromatic nitrogens is 5. The molecule has 1 saturated carbocycles. The van der Waals surface area contributed by atoms with Crippen molar-refractivity contribution in [1.29, 1.82) is 0 Å². The summed E-state index contributed by atoms with van der Waals surface area (Å²) in [4.78, 5) is 18.2. The summed E-state index contributed by atoms with van der Waals surface area (Å²) in [6.45, 7) is 5.53. The Morgan fingerprint density at radius 1 is 1.33 bits per heavy atom. The van der Waals surface area contributed by atoms with Crippen molar-refractivity contribution in [2.45, 2.75) is 31.9 Å². The fourth-order valence-corrected chi connectivity index (χ4v) is 3.33. The molecule has 4 rings (SSSR count). The molecule has 0 aromatic carbocycles. The van der Waals surface area contributed by atoms with Crippen molar-refractivity contribution in [2.24, 2.45) is 7.05 Å². The molecule has 140 valence electrons. The standard InChI is InChI=1S/C19H22N6O2/c1-5-17(26)24(4)14-6-15(7-14)27-19-18-12(2)8-21-25(18)11-16(22-19)13-9-20-23(3)10-13/h5,8-11,14-15H,1,6-7H2,2-4H3/t14-,15-. The van der Waals surface area contributed by atoms with E-state index in [-0.39, 0.29) is 18.1 Å². The van der Waals surface area contributed by atoms with Gasteiger partial charge in [-0.15, -0.1) is 0 Å². The van der Waals surface area contributed by atoms with Crippen molar-refractivity contribution in [3.63, 3.8) is 0 Å². The first-order chi connectivity index (χ1) is 13.0. The van der Waals surface area contributed by atoms with Gasteiger partial charge in [-0.1, -0.05) is 6.58 Å². The number of aryl methyl sites for hydroxylation is 2. The average Bonchev–Trinajstić information content (AvgIpc) is 3.22. The van der Waals surface area contributed by atoms with Gasteiger partial charge in [-0.25, -0.2) is 9.50 Å². The van der Waals surface area contributed by atoms with E-state index in [1.165, 1.54) is 6.08 Å². The second-order valence-electron chi connectivity index (χ2n) is 6.97. The lowest BCUT2D eigenvalue weighted by Crippen LogP contribution is -2.49. The summed E-state index contributed by atoms with van der Waals surface area (Å²) in [6, 6.07) is 0.170. The number of hydrogen-bond donors (Lipinski definition) is 0. The number of likely N-dealkylation sites (N-methyl/N-ethyl adjacent to an activating group) is 1. The molecule has 1 fully saturated rings. The lowest BCUT2D eigenvalue weighted by molar-refractivity contribution is -0.130. The number of hydrogen-bond acceptors (Lipinski definition) is 5. The van der Waals surface area contributed by atoms with Crippen molar-refractivity contribution in [3.05, 3.63) is 43.0 Å². The summed E-state index contributed by atoms with van der Waals surface area (Å²) in [6.07, 6.45) is 10.3. The summed E-state index contributed by atoms with van der Waals surface area (Å²) < 4.78 is 9.73. The molecule has 8 heteroatoms. The Labute approximate surface area is 157 Å². The zero-order valence-electron chi connectivity index (χ0n) is 15.7. The lowest BCUT2D eigenvalue weighted by atomic mass is 9.88. The molecule has 1 amide bonds. The van der Waals surface area contributed by atoms with Crippen molar-refractivity contribution in [2.75, 3.05) is 7.05 Å². The minimum atomic E-state index is -0.0656. The molecule has 3 aromatic rings. The Kier molecular flexibility index (Phi) is 4.18. The zero-order valence-corrected chi connectivity index (χ0v) is 15.7. The molecular formula is C19H22N6O2. The average molecular weight is 366 g/mol. The van der Waals surface area contributed by atoms with Gasteiger partial charge in [0.15, 0.2) is 0 Å². The second-order valence-corrected chi connectivity index (χ2v) is 6.97. The van der Waals surface area contributed by atoms with Gasteiger partial charge >= 0.3 is 0 Å². The number of rotatable bonds is 5. The van der Waals surface area contributed by atoms with Crippen LogP contribution in [0.15, 0.2) is 37.4 Å². The molecule has 0 aliphatic heterocycles. The third-order valence-electron chi connectivity index (χ3n) is 5.07. The van der Waals surface area contributed by atoms with Gasteiger partial charge < -0.3 is 9.64 Å². The molecule has 3 heterocycles. The predicted octanol–water partition coefficient (Wildman–Crippen LogP) is 1.99. The smallest absolute Gasteiger partial charge is 0.245 e. The molecule has 1 aliphatic carbocycles. The fourth-order valence-electron chi connectivity index (χ4n) is 3.33. The van der Waals surface area contributed by atoms with Crippen LogP contribution in [0.3, 0.4) is 0 Å². The van der Waals surface area contributed by atoms with E-state index < -0.39 is 0 Å². The van der Waals surface area contributed by atoms with Gasteiger partial charge in [-0.05, 0) is 13.0 Å². The van der Waals surface area contributed by atoms with E-state index in [4.69, 9.17) is 9.72 Å². The van der Waals surface area contributed by atoms with E-state index >= 15 is 0 Å². The van der Waals surface area contributed by atoms with Gasteiger partial charge in [-0.2, -0.15) is 10.2 Å². The first kappa shape index (κ1) is 17.3. The van der Waals surface area contributed by atoms with E-state index in [1.54, 1.807) is 33.5 Å². The minimum Gasteiger partial charge on any atom is -0.473 e. The number of amides is 1. The van der Waals surface area contributed by atoms with Crippen LogP contribution in [0, 0.1) is 6.92 Å². The van der Waals surface area contributed by atoms with E-state index in [9.17, 15) is 4.79 Å². The molecule has 0 saturated heterocycles. The number of carbonyl (C=O) groups is 1. The summed E-state index contributed by atoms with van der Waals surface area (Å²) in [5, 5.41) is 8.62. The number of fused-ring (bicyclic) bond motifs is 1. The highest BCUT2D eigenvalue weighted by atomic mass is 16.5. The quantitative estimate of drug-likeness (QED) is 0.646. The number of ether oxygens (including phenoxy) is 1. The van der Waals surface area contributed by atoms with E-state index in [0.29, 0.717) is 5.88 Å². The van der Waals surface area contributed by atoms with Crippen LogP contribution in [-0.2, 0) is 11.8 Å². The molecule has 0 N–H and O–H groups in total. The Morgan fingerprint density at radius 2 is 2.11 bits per heavy atom. The van der Waals surface area contributed by atoms with Crippen LogP contribution >= 0.6 is 0 Å². The minimum absolute atomic E-state index is 0.0183.